The summed E-state index contributed by atoms with van der Waals surface area (Å²) in [6.45, 7) is 1.09. The lowest BCUT2D eigenvalue weighted by molar-refractivity contribution is -0.0958. The van der Waals surface area contributed by atoms with Crippen LogP contribution < -0.4 is 0 Å². The highest BCUT2D eigenvalue weighted by molar-refractivity contribution is 7.10. The number of fused-ring (bicyclic) bond motifs is 1. The lowest BCUT2D eigenvalue weighted by atomic mass is 9.87. The second-order valence-electron chi connectivity index (χ2n) is 6.30. The number of likely N-dealkylation sites (tertiary alicyclic amines) is 1. The predicted octanol–water partition coefficient (Wildman–Crippen LogP) is 2.22. The molecule has 19 heavy (non-hydrogen) atoms. The first-order chi connectivity index (χ1) is 9.17. The van der Waals surface area contributed by atoms with Crippen molar-refractivity contribution in [2.75, 3.05) is 13.1 Å². The maximum Gasteiger partial charge on any atom is 0.255 e. The van der Waals surface area contributed by atoms with Crippen LogP contribution in [-0.4, -0.2) is 34.6 Å². The first kappa shape index (κ1) is 11.9. The monoisotopic (exact) mass is 277 g/mol. The molecule has 0 atom stereocenters. The van der Waals surface area contributed by atoms with Gasteiger partial charge in [-0.2, -0.15) is 0 Å². The molecule has 1 N–H and O–H groups in total. The number of nitrogens with zero attached hydrogens (tertiary/aromatic N) is 1. The fraction of sp³-hybridized carbons (Fsp3) is 0.667. The highest BCUT2D eigenvalue weighted by atomic mass is 32.1. The summed E-state index contributed by atoms with van der Waals surface area (Å²) in [7, 11) is 0. The Labute approximate surface area is 117 Å². The van der Waals surface area contributed by atoms with Crippen molar-refractivity contribution in [3.05, 3.63) is 21.4 Å². The zero-order chi connectivity index (χ0) is 13.0. The Bertz CT molecular complexity index is 526. The first-order valence-electron chi connectivity index (χ1n) is 7.28. The third-order valence-corrected chi connectivity index (χ3v) is 5.93. The molecule has 3 aliphatic rings. The van der Waals surface area contributed by atoms with Gasteiger partial charge in [-0.3, -0.25) is 4.79 Å². The van der Waals surface area contributed by atoms with Gasteiger partial charge in [0.25, 0.3) is 5.91 Å². The summed E-state index contributed by atoms with van der Waals surface area (Å²) >= 11 is 1.74. The number of hydrogen-bond donors (Lipinski definition) is 1. The van der Waals surface area contributed by atoms with Crippen LogP contribution in [0.15, 0.2) is 5.38 Å². The van der Waals surface area contributed by atoms with E-state index >= 15 is 0 Å². The van der Waals surface area contributed by atoms with Gasteiger partial charge >= 0.3 is 0 Å². The molecule has 0 spiro atoms. The summed E-state index contributed by atoms with van der Waals surface area (Å²) in [6.07, 6.45) is 6.92. The predicted molar refractivity (Wildman–Crippen MR) is 74.5 cm³/mol. The van der Waals surface area contributed by atoms with E-state index in [0.29, 0.717) is 19.0 Å². The van der Waals surface area contributed by atoms with Crippen molar-refractivity contribution < 1.29 is 9.90 Å². The molecule has 1 amide bonds. The fourth-order valence-corrected chi connectivity index (χ4v) is 4.60. The zero-order valence-corrected chi connectivity index (χ0v) is 11.8. The molecule has 0 aromatic carbocycles. The van der Waals surface area contributed by atoms with Gasteiger partial charge in [-0.25, -0.2) is 0 Å². The molecule has 1 saturated heterocycles. The average Bonchev–Trinajstić information content (AvgIpc) is 3.14. The van der Waals surface area contributed by atoms with E-state index in [0.717, 1.165) is 31.2 Å². The van der Waals surface area contributed by atoms with Gasteiger partial charge in [0.15, 0.2) is 0 Å². The van der Waals surface area contributed by atoms with E-state index < -0.39 is 5.60 Å². The Balaban J connectivity index is 1.51. The summed E-state index contributed by atoms with van der Waals surface area (Å²) in [5.74, 6) is 0.595. The lowest BCUT2D eigenvalue weighted by Crippen LogP contribution is -2.64. The van der Waals surface area contributed by atoms with E-state index in [2.05, 4.69) is 0 Å². The van der Waals surface area contributed by atoms with Crippen LogP contribution in [0, 0.1) is 5.92 Å². The topological polar surface area (TPSA) is 40.5 Å². The Morgan fingerprint density at radius 2 is 2.05 bits per heavy atom. The van der Waals surface area contributed by atoms with Crippen molar-refractivity contribution in [2.24, 2.45) is 5.92 Å². The first-order valence-corrected chi connectivity index (χ1v) is 8.16. The van der Waals surface area contributed by atoms with Crippen LogP contribution in [0.4, 0.5) is 0 Å². The van der Waals surface area contributed by atoms with Crippen LogP contribution in [0.5, 0.6) is 0 Å². The summed E-state index contributed by atoms with van der Waals surface area (Å²) in [5, 5.41) is 12.3. The van der Waals surface area contributed by atoms with Crippen molar-refractivity contribution in [1.82, 2.24) is 4.90 Å². The van der Waals surface area contributed by atoms with Gasteiger partial charge in [-0.15, -0.1) is 11.3 Å². The van der Waals surface area contributed by atoms with E-state index in [4.69, 9.17) is 0 Å². The number of carbonyl (C=O) groups is 1. The highest BCUT2D eigenvalue weighted by Crippen LogP contribution is 2.45. The zero-order valence-electron chi connectivity index (χ0n) is 11.0. The average molecular weight is 277 g/mol. The quantitative estimate of drug-likeness (QED) is 0.900. The van der Waals surface area contributed by atoms with Crippen LogP contribution in [0.3, 0.4) is 0 Å². The Kier molecular flexibility index (Phi) is 2.55. The molecule has 2 fully saturated rings. The summed E-state index contributed by atoms with van der Waals surface area (Å²) in [5.41, 5.74) is 1.65. The third kappa shape index (κ3) is 1.84. The summed E-state index contributed by atoms with van der Waals surface area (Å²) < 4.78 is 0. The summed E-state index contributed by atoms with van der Waals surface area (Å²) in [4.78, 5) is 15.8. The van der Waals surface area contributed by atoms with E-state index in [9.17, 15) is 9.90 Å². The molecule has 0 unspecified atom stereocenters. The molecular formula is C15H19NO2S. The van der Waals surface area contributed by atoms with Crippen LogP contribution in [0.1, 0.15) is 46.5 Å². The van der Waals surface area contributed by atoms with Gasteiger partial charge in [0.1, 0.15) is 5.60 Å². The molecule has 102 valence electrons. The van der Waals surface area contributed by atoms with Gasteiger partial charge in [0.05, 0.1) is 18.7 Å². The summed E-state index contributed by atoms with van der Waals surface area (Å²) in [6, 6.07) is 0. The molecule has 1 aliphatic heterocycles. The number of amides is 1. The molecule has 1 saturated carbocycles. The third-order valence-electron chi connectivity index (χ3n) is 4.85. The molecule has 2 aliphatic carbocycles. The van der Waals surface area contributed by atoms with Crippen molar-refractivity contribution in [3.8, 4) is 0 Å². The SMILES string of the molecule is O=C(c1csc2c1CCCC2)N1CC(O)(C2CC2)C1. The van der Waals surface area contributed by atoms with Gasteiger partial charge < -0.3 is 10.0 Å². The van der Waals surface area contributed by atoms with E-state index in [1.54, 1.807) is 11.3 Å². The van der Waals surface area contributed by atoms with Crippen LogP contribution in [0.2, 0.25) is 0 Å². The number of thiophene rings is 1. The highest BCUT2D eigenvalue weighted by Gasteiger charge is 2.53. The number of carbonyl (C=O) groups excluding carboxylic acids is 1. The number of aryl methyl sites for hydroxylation is 1. The van der Waals surface area contributed by atoms with Crippen molar-refractivity contribution in [3.63, 3.8) is 0 Å². The smallest absolute Gasteiger partial charge is 0.255 e. The molecule has 1 aromatic heterocycles. The van der Waals surface area contributed by atoms with E-state index in [1.165, 1.54) is 23.3 Å². The minimum atomic E-state index is -0.564. The number of hydrogen-bond acceptors (Lipinski definition) is 3. The molecule has 0 radical (unpaired) electrons. The Morgan fingerprint density at radius 1 is 1.32 bits per heavy atom. The minimum absolute atomic E-state index is 0.143. The second-order valence-corrected chi connectivity index (χ2v) is 7.26. The molecule has 1 aromatic rings. The van der Waals surface area contributed by atoms with Gasteiger partial charge in [-0.05, 0) is 50.0 Å². The second kappa shape index (κ2) is 4.06. The normalized spacial score (nSPS) is 24.8. The molecule has 0 bridgehead atoms. The minimum Gasteiger partial charge on any atom is -0.386 e. The maximum absolute atomic E-state index is 12.5. The van der Waals surface area contributed by atoms with Crippen LogP contribution in [0.25, 0.3) is 0 Å². The van der Waals surface area contributed by atoms with Crippen LogP contribution in [-0.2, 0) is 12.8 Å². The van der Waals surface area contributed by atoms with Crippen LogP contribution >= 0.6 is 11.3 Å². The molecule has 4 rings (SSSR count). The Hall–Kier alpha value is -0.870. The van der Waals surface area contributed by atoms with Crippen molar-refractivity contribution >= 4 is 17.2 Å². The number of aliphatic hydroxyl groups is 1. The molecule has 3 nitrogen and oxygen atoms in total. The fourth-order valence-electron chi connectivity index (χ4n) is 3.48. The van der Waals surface area contributed by atoms with Crippen molar-refractivity contribution in [2.45, 2.75) is 44.1 Å². The van der Waals surface area contributed by atoms with E-state index in [1.807, 2.05) is 10.3 Å². The van der Waals surface area contributed by atoms with E-state index in [-0.39, 0.29) is 5.91 Å². The van der Waals surface area contributed by atoms with Gasteiger partial charge in [0.2, 0.25) is 0 Å². The van der Waals surface area contributed by atoms with Crippen molar-refractivity contribution in [1.29, 1.82) is 0 Å². The number of β-amino-alcohol motifs (C(OH)–C–C–N with tert-alkyl or cyclic N) is 1. The van der Waals surface area contributed by atoms with Gasteiger partial charge in [0, 0.05) is 10.3 Å². The molecular weight excluding hydrogens is 258 g/mol. The Morgan fingerprint density at radius 3 is 2.79 bits per heavy atom. The lowest BCUT2D eigenvalue weighted by Gasteiger charge is -2.47. The number of rotatable bonds is 2. The maximum atomic E-state index is 12.5. The largest absolute Gasteiger partial charge is 0.386 e. The molecule has 2 heterocycles. The van der Waals surface area contributed by atoms with Gasteiger partial charge in [-0.1, -0.05) is 0 Å². The standard InChI is InChI=1S/C15H19NO2S/c17-14(16-8-15(18,9-16)10-5-6-10)12-7-19-13-4-2-1-3-11(12)13/h7,10,18H,1-6,8-9H2. The molecule has 4 heteroatoms.